The first-order chi connectivity index (χ1) is 9.08. The van der Waals surface area contributed by atoms with Crippen LogP contribution in [-0.4, -0.2) is 55.0 Å². The molecule has 0 saturated heterocycles. The van der Waals surface area contributed by atoms with Gasteiger partial charge in [-0.25, -0.2) is 9.78 Å². The van der Waals surface area contributed by atoms with Crippen molar-refractivity contribution in [2.75, 3.05) is 33.3 Å². The van der Waals surface area contributed by atoms with Gasteiger partial charge in [-0.05, 0) is 20.5 Å². The van der Waals surface area contributed by atoms with Gasteiger partial charge in [-0.2, -0.15) is 0 Å². The fourth-order valence-corrected chi connectivity index (χ4v) is 1.96. The summed E-state index contributed by atoms with van der Waals surface area (Å²) in [6.45, 7) is 6.33. The van der Waals surface area contributed by atoms with Gasteiger partial charge in [0.2, 0.25) is 5.01 Å². The van der Waals surface area contributed by atoms with Gasteiger partial charge in [0.15, 0.2) is 0 Å². The van der Waals surface area contributed by atoms with Crippen LogP contribution in [0, 0.1) is 0 Å². The molecule has 0 saturated carbocycles. The second-order valence-electron chi connectivity index (χ2n) is 3.91. The summed E-state index contributed by atoms with van der Waals surface area (Å²) >= 11 is 1.11. The zero-order valence-corrected chi connectivity index (χ0v) is 12.2. The minimum atomic E-state index is -0.489. The van der Waals surface area contributed by atoms with Crippen molar-refractivity contribution in [3.05, 3.63) is 16.1 Å². The molecule has 0 bridgehead atoms. The average molecular weight is 285 g/mol. The van der Waals surface area contributed by atoms with Gasteiger partial charge in [-0.15, -0.1) is 11.3 Å². The van der Waals surface area contributed by atoms with Crippen LogP contribution in [0.5, 0.6) is 0 Å². The van der Waals surface area contributed by atoms with Crippen LogP contribution in [0.15, 0.2) is 5.38 Å². The monoisotopic (exact) mass is 285 g/mol. The number of nitrogens with one attached hydrogen (secondary N) is 1. The SMILES string of the molecule is CCOC(=O)c1nc(C(=O)NCCN(C)CC)cs1. The van der Waals surface area contributed by atoms with Gasteiger partial charge >= 0.3 is 5.97 Å². The summed E-state index contributed by atoms with van der Waals surface area (Å²) < 4.78 is 4.82. The molecular formula is C12H19N3O3S. The summed E-state index contributed by atoms with van der Waals surface area (Å²) in [6.07, 6.45) is 0. The van der Waals surface area contributed by atoms with Gasteiger partial charge in [-0.1, -0.05) is 6.92 Å². The van der Waals surface area contributed by atoms with E-state index in [1.54, 1.807) is 12.3 Å². The molecule has 6 nitrogen and oxygen atoms in total. The molecule has 0 fully saturated rings. The predicted octanol–water partition coefficient (Wildman–Crippen LogP) is 1.00. The quantitative estimate of drug-likeness (QED) is 0.757. The molecule has 1 aromatic heterocycles. The molecule has 1 heterocycles. The number of aromatic nitrogens is 1. The summed E-state index contributed by atoms with van der Waals surface area (Å²) in [5.41, 5.74) is 0.257. The van der Waals surface area contributed by atoms with E-state index in [0.717, 1.165) is 24.4 Å². The number of ether oxygens (including phenoxy) is 1. The fraction of sp³-hybridized carbons (Fsp3) is 0.583. The molecule has 0 atom stereocenters. The van der Waals surface area contributed by atoms with Crippen LogP contribution >= 0.6 is 11.3 Å². The van der Waals surface area contributed by atoms with Crippen molar-refractivity contribution < 1.29 is 14.3 Å². The Balaban J connectivity index is 2.47. The Hall–Kier alpha value is -1.47. The largest absolute Gasteiger partial charge is 0.461 e. The molecule has 0 radical (unpaired) electrons. The summed E-state index contributed by atoms with van der Waals surface area (Å²) in [4.78, 5) is 29.2. The third-order valence-electron chi connectivity index (χ3n) is 2.51. The summed E-state index contributed by atoms with van der Waals surface area (Å²) in [6, 6.07) is 0. The van der Waals surface area contributed by atoms with Crippen molar-refractivity contribution in [1.29, 1.82) is 0 Å². The Bertz CT molecular complexity index is 434. The second-order valence-corrected chi connectivity index (χ2v) is 4.77. The highest BCUT2D eigenvalue weighted by Crippen LogP contribution is 2.10. The van der Waals surface area contributed by atoms with Crippen molar-refractivity contribution in [2.24, 2.45) is 0 Å². The maximum absolute atomic E-state index is 11.8. The van der Waals surface area contributed by atoms with Gasteiger partial charge < -0.3 is 15.0 Å². The van der Waals surface area contributed by atoms with Crippen LogP contribution < -0.4 is 5.32 Å². The van der Waals surface area contributed by atoms with Gasteiger partial charge in [0, 0.05) is 18.5 Å². The number of thiazole rings is 1. The molecule has 0 aliphatic rings. The summed E-state index contributed by atoms with van der Waals surface area (Å²) in [5, 5.41) is 4.53. The number of nitrogens with zero attached hydrogens (tertiary/aromatic N) is 2. The van der Waals surface area contributed by atoms with Crippen LogP contribution in [0.2, 0.25) is 0 Å². The van der Waals surface area contributed by atoms with Crippen LogP contribution in [0.25, 0.3) is 0 Å². The number of carbonyl (C=O) groups is 2. The van der Waals surface area contributed by atoms with Crippen LogP contribution in [0.3, 0.4) is 0 Å². The molecule has 1 rings (SSSR count). The predicted molar refractivity (Wildman–Crippen MR) is 73.6 cm³/mol. The number of amides is 1. The Morgan fingerprint density at radius 2 is 2.21 bits per heavy atom. The van der Waals surface area contributed by atoms with Gasteiger partial charge in [0.1, 0.15) is 5.69 Å². The molecule has 0 unspecified atom stereocenters. The molecule has 7 heteroatoms. The number of hydrogen-bond donors (Lipinski definition) is 1. The maximum Gasteiger partial charge on any atom is 0.367 e. The van der Waals surface area contributed by atoms with Gasteiger partial charge in [-0.3, -0.25) is 4.79 Å². The maximum atomic E-state index is 11.8. The van der Waals surface area contributed by atoms with Crippen molar-refractivity contribution in [3.8, 4) is 0 Å². The van der Waals surface area contributed by atoms with Gasteiger partial charge in [0.05, 0.1) is 6.61 Å². The number of esters is 1. The molecule has 1 N–H and O–H groups in total. The Morgan fingerprint density at radius 3 is 2.84 bits per heavy atom. The lowest BCUT2D eigenvalue weighted by atomic mass is 10.4. The van der Waals surface area contributed by atoms with E-state index in [-0.39, 0.29) is 16.6 Å². The third-order valence-corrected chi connectivity index (χ3v) is 3.33. The lowest BCUT2D eigenvalue weighted by Crippen LogP contribution is -2.33. The Morgan fingerprint density at radius 1 is 1.47 bits per heavy atom. The molecule has 19 heavy (non-hydrogen) atoms. The summed E-state index contributed by atoms with van der Waals surface area (Å²) in [5.74, 6) is -0.756. The standard InChI is InChI=1S/C12H19N3O3S/c1-4-15(3)7-6-13-10(16)9-8-19-11(14-9)12(17)18-5-2/h8H,4-7H2,1-3H3,(H,13,16). The van der Waals surface area contributed by atoms with Crippen molar-refractivity contribution >= 4 is 23.2 Å². The molecule has 1 amide bonds. The van der Waals surface area contributed by atoms with Crippen molar-refractivity contribution in [1.82, 2.24) is 15.2 Å². The van der Waals surface area contributed by atoms with E-state index >= 15 is 0 Å². The number of carbonyl (C=O) groups excluding carboxylic acids is 2. The van der Waals surface area contributed by atoms with Crippen molar-refractivity contribution in [3.63, 3.8) is 0 Å². The molecule has 0 spiro atoms. The highest BCUT2D eigenvalue weighted by Gasteiger charge is 2.15. The first-order valence-electron chi connectivity index (χ1n) is 6.17. The number of rotatable bonds is 7. The lowest BCUT2D eigenvalue weighted by molar-refractivity contribution is 0.0526. The average Bonchev–Trinajstić information content (AvgIpc) is 2.88. The van der Waals surface area contributed by atoms with Crippen LogP contribution in [0.4, 0.5) is 0 Å². The Kier molecular flexibility index (Phi) is 6.44. The third kappa shape index (κ3) is 4.96. The van der Waals surface area contributed by atoms with E-state index in [4.69, 9.17) is 4.74 Å². The molecule has 106 valence electrons. The smallest absolute Gasteiger partial charge is 0.367 e. The lowest BCUT2D eigenvalue weighted by Gasteiger charge is -2.13. The van der Waals surface area contributed by atoms with Crippen molar-refractivity contribution in [2.45, 2.75) is 13.8 Å². The molecule has 1 aromatic rings. The van der Waals surface area contributed by atoms with Crippen LogP contribution in [-0.2, 0) is 4.74 Å². The van der Waals surface area contributed by atoms with Crippen LogP contribution in [0.1, 0.15) is 34.1 Å². The van der Waals surface area contributed by atoms with E-state index in [0.29, 0.717) is 13.2 Å². The second kappa shape index (κ2) is 7.85. The topological polar surface area (TPSA) is 71.5 Å². The molecule has 0 aromatic carbocycles. The zero-order valence-electron chi connectivity index (χ0n) is 11.4. The number of likely N-dealkylation sites (N-methyl/N-ethyl adjacent to an activating group) is 1. The summed E-state index contributed by atoms with van der Waals surface area (Å²) in [7, 11) is 1.98. The van der Waals surface area contributed by atoms with E-state index in [9.17, 15) is 9.59 Å². The van der Waals surface area contributed by atoms with E-state index in [1.807, 2.05) is 14.0 Å². The minimum Gasteiger partial charge on any atom is -0.461 e. The van der Waals surface area contributed by atoms with E-state index in [2.05, 4.69) is 15.2 Å². The molecular weight excluding hydrogens is 266 g/mol. The van der Waals surface area contributed by atoms with E-state index < -0.39 is 5.97 Å². The first kappa shape index (κ1) is 15.6. The van der Waals surface area contributed by atoms with Gasteiger partial charge in [0.25, 0.3) is 5.91 Å². The molecule has 0 aliphatic heterocycles. The normalized spacial score (nSPS) is 10.5. The fourth-order valence-electron chi connectivity index (χ4n) is 1.27. The Labute approximate surface area is 116 Å². The molecule has 0 aliphatic carbocycles. The highest BCUT2D eigenvalue weighted by molar-refractivity contribution is 7.11. The van der Waals surface area contributed by atoms with E-state index in [1.165, 1.54) is 0 Å². The minimum absolute atomic E-state index is 0.206. The number of hydrogen-bond acceptors (Lipinski definition) is 6. The highest BCUT2D eigenvalue weighted by atomic mass is 32.1. The zero-order chi connectivity index (χ0) is 14.3. The first-order valence-corrected chi connectivity index (χ1v) is 7.05.